The topological polar surface area (TPSA) is 78.2 Å². The van der Waals surface area contributed by atoms with Gasteiger partial charge in [-0.05, 0) is 31.6 Å². The van der Waals surface area contributed by atoms with Crippen molar-refractivity contribution in [3.05, 3.63) is 0 Å². The van der Waals surface area contributed by atoms with Gasteiger partial charge in [-0.2, -0.15) is 5.26 Å². The Labute approximate surface area is 96.2 Å². The molecule has 0 spiro atoms. The lowest BCUT2D eigenvalue weighted by Crippen LogP contribution is -2.46. The van der Waals surface area contributed by atoms with Gasteiger partial charge in [-0.3, -0.25) is 0 Å². The van der Waals surface area contributed by atoms with E-state index in [4.69, 9.17) is 0 Å². The molecule has 1 aliphatic carbocycles. The van der Waals surface area contributed by atoms with Gasteiger partial charge in [-0.15, -0.1) is 0 Å². The summed E-state index contributed by atoms with van der Waals surface area (Å²) in [6.45, 7) is 2.03. The third-order valence-electron chi connectivity index (χ3n) is 4.15. The monoisotopic (exact) mass is 243 g/mol. The zero-order chi connectivity index (χ0) is 12.0. The van der Waals surface area contributed by atoms with Crippen LogP contribution in [0.4, 0.5) is 0 Å². The zero-order valence-electron chi connectivity index (χ0n) is 9.44. The highest BCUT2D eigenvalue weighted by Crippen LogP contribution is 2.51. The first-order chi connectivity index (χ1) is 7.33. The fourth-order valence-electron chi connectivity index (χ4n) is 3.11. The molecule has 1 N–H and O–H groups in total. The first kappa shape index (κ1) is 11.9. The lowest BCUT2D eigenvalue weighted by Gasteiger charge is -2.36. The third kappa shape index (κ3) is 1.64. The fourth-order valence-corrected chi connectivity index (χ4v) is 5.14. The number of rotatable bonds is 1. The molecule has 16 heavy (non-hydrogen) atoms. The van der Waals surface area contributed by atoms with Crippen LogP contribution in [-0.4, -0.2) is 30.6 Å². The van der Waals surface area contributed by atoms with Gasteiger partial charge in [0.15, 0.2) is 9.84 Å². The number of hydrogen-bond acceptors (Lipinski definition) is 4. The third-order valence-corrected chi connectivity index (χ3v) is 5.91. The summed E-state index contributed by atoms with van der Waals surface area (Å²) in [5.74, 6) is 0.246. The molecule has 1 saturated heterocycles. The van der Waals surface area contributed by atoms with E-state index >= 15 is 0 Å². The molecule has 0 bridgehead atoms. The van der Waals surface area contributed by atoms with Crippen LogP contribution in [0.1, 0.15) is 32.6 Å². The van der Waals surface area contributed by atoms with E-state index in [2.05, 4.69) is 6.07 Å². The van der Waals surface area contributed by atoms with Crippen LogP contribution in [0.3, 0.4) is 0 Å². The van der Waals surface area contributed by atoms with Gasteiger partial charge < -0.3 is 5.11 Å². The van der Waals surface area contributed by atoms with E-state index in [1.807, 2.05) is 6.92 Å². The Bertz CT molecular complexity index is 439. The lowest BCUT2D eigenvalue weighted by atomic mass is 9.71. The van der Waals surface area contributed by atoms with E-state index in [1.54, 1.807) is 0 Å². The number of aliphatic hydroxyl groups is 1. The summed E-state index contributed by atoms with van der Waals surface area (Å²) in [5, 5.41) is 19.8. The average Bonchev–Trinajstić information content (AvgIpc) is 2.69. The van der Waals surface area contributed by atoms with Crippen molar-refractivity contribution in [2.75, 3.05) is 11.5 Å². The average molecular weight is 243 g/mol. The first-order valence-corrected chi connectivity index (χ1v) is 7.49. The highest BCUT2D eigenvalue weighted by Gasteiger charge is 2.58. The van der Waals surface area contributed by atoms with Crippen molar-refractivity contribution in [3.63, 3.8) is 0 Å². The van der Waals surface area contributed by atoms with Crippen molar-refractivity contribution < 1.29 is 13.5 Å². The minimum absolute atomic E-state index is 0.0389. The van der Waals surface area contributed by atoms with E-state index in [1.165, 1.54) is 0 Å². The van der Waals surface area contributed by atoms with Crippen molar-refractivity contribution >= 4 is 9.84 Å². The van der Waals surface area contributed by atoms with Crippen LogP contribution < -0.4 is 0 Å². The maximum Gasteiger partial charge on any atom is 0.152 e. The molecular weight excluding hydrogens is 226 g/mol. The van der Waals surface area contributed by atoms with Crippen LogP contribution in [-0.2, 0) is 9.84 Å². The molecule has 4 nitrogen and oxygen atoms in total. The molecule has 1 heterocycles. The Hall–Kier alpha value is -0.600. The Morgan fingerprint density at radius 3 is 2.50 bits per heavy atom. The quantitative estimate of drug-likeness (QED) is 0.741. The number of hydrogen-bond donors (Lipinski definition) is 1. The standard InChI is InChI=1S/C11H17NO3S/c1-9-2-3-11(13,6-9)10(7-12)4-5-16(14,15)8-10/h9,13H,2-6,8H2,1H3. The van der Waals surface area contributed by atoms with Gasteiger partial charge in [-0.25, -0.2) is 8.42 Å². The molecule has 0 aromatic carbocycles. The predicted octanol–water partition coefficient (Wildman–Crippen LogP) is 0.866. The summed E-state index contributed by atoms with van der Waals surface area (Å²) < 4.78 is 23.0. The second-order valence-electron chi connectivity index (χ2n) is 5.42. The summed E-state index contributed by atoms with van der Waals surface area (Å²) in [6.07, 6.45) is 2.27. The summed E-state index contributed by atoms with van der Waals surface area (Å²) in [7, 11) is -3.14. The fraction of sp³-hybridized carbons (Fsp3) is 0.909. The molecule has 2 fully saturated rings. The van der Waals surface area contributed by atoms with Gasteiger partial charge >= 0.3 is 0 Å². The van der Waals surface area contributed by atoms with Crippen molar-refractivity contribution in [1.29, 1.82) is 5.26 Å². The summed E-state index contributed by atoms with van der Waals surface area (Å²) in [6, 6.07) is 2.11. The molecule has 5 heteroatoms. The maximum absolute atomic E-state index is 11.5. The Morgan fingerprint density at radius 2 is 2.12 bits per heavy atom. The Morgan fingerprint density at radius 1 is 1.44 bits per heavy atom. The summed E-state index contributed by atoms with van der Waals surface area (Å²) in [4.78, 5) is 0. The Kier molecular flexibility index (Phi) is 2.56. The molecule has 0 radical (unpaired) electrons. The maximum atomic E-state index is 11.5. The van der Waals surface area contributed by atoms with Crippen molar-refractivity contribution in [1.82, 2.24) is 0 Å². The van der Waals surface area contributed by atoms with Crippen LogP contribution in [0.5, 0.6) is 0 Å². The molecular formula is C11H17NO3S. The van der Waals surface area contributed by atoms with Gasteiger partial charge in [0.25, 0.3) is 0 Å². The normalized spacial score (nSPS) is 46.7. The van der Waals surface area contributed by atoms with E-state index in [-0.39, 0.29) is 17.9 Å². The molecule has 0 aromatic heterocycles. The van der Waals surface area contributed by atoms with E-state index in [0.717, 1.165) is 6.42 Å². The van der Waals surface area contributed by atoms with Crippen molar-refractivity contribution in [3.8, 4) is 6.07 Å². The van der Waals surface area contributed by atoms with Gasteiger partial charge in [0.05, 0.1) is 23.2 Å². The Balaban J connectivity index is 2.34. The molecule has 1 saturated carbocycles. The molecule has 2 aliphatic rings. The molecule has 1 aliphatic heterocycles. The smallest absolute Gasteiger partial charge is 0.152 e. The molecule has 3 unspecified atom stereocenters. The van der Waals surface area contributed by atoms with E-state index in [0.29, 0.717) is 18.8 Å². The minimum Gasteiger partial charge on any atom is -0.388 e. The first-order valence-electron chi connectivity index (χ1n) is 5.67. The van der Waals surface area contributed by atoms with Gasteiger partial charge in [0.2, 0.25) is 0 Å². The molecule has 90 valence electrons. The summed E-state index contributed by atoms with van der Waals surface area (Å²) >= 11 is 0. The highest BCUT2D eigenvalue weighted by atomic mass is 32.2. The van der Waals surface area contributed by atoms with Crippen molar-refractivity contribution in [2.24, 2.45) is 11.3 Å². The van der Waals surface area contributed by atoms with Crippen LogP contribution >= 0.6 is 0 Å². The van der Waals surface area contributed by atoms with E-state index in [9.17, 15) is 18.8 Å². The lowest BCUT2D eigenvalue weighted by molar-refractivity contribution is -0.0400. The van der Waals surface area contributed by atoms with Crippen LogP contribution in [0.2, 0.25) is 0 Å². The van der Waals surface area contributed by atoms with Crippen LogP contribution in [0.15, 0.2) is 0 Å². The zero-order valence-corrected chi connectivity index (χ0v) is 10.3. The number of nitrogens with zero attached hydrogens (tertiary/aromatic N) is 1. The molecule has 2 rings (SSSR count). The minimum atomic E-state index is -3.14. The molecule has 0 aromatic rings. The predicted molar refractivity (Wildman–Crippen MR) is 59.3 cm³/mol. The van der Waals surface area contributed by atoms with Crippen molar-refractivity contribution in [2.45, 2.75) is 38.2 Å². The van der Waals surface area contributed by atoms with Gasteiger partial charge in [0, 0.05) is 0 Å². The van der Waals surface area contributed by atoms with E-state index < -0.39 is 20.9 Å². The number of nitriles is 1. The number of sulfone groups is 1. The SMILES string of the molecule is CC1CCC(O)(C2(C#N)CCS(=O)(=O)C2)C1. The molecule has 3 atom stereocenters. The second kappa shape index (κ2) is 3.44. The van der Waals surface area contributed by atoms with Crippen LogP contribution in [0, 0.1) is 22.7 Å². The van der Waals surface area contributed by atoms with Gasteiger partial charge in [-0.1, -0.05) is 6.92 Å². The van der Waals surface area contributed by atoms with Crippen LogP contribution in [0.25, 0.3) is 0 Å². The largest absolute Gasteiger partial charge is 0.388 e. The highest BCUT2D eigenvalue weighted by molar-refractivity contribution is 7.91. The summed E-state index contributed by atoms with van der Waals surface area (Å²) in [5.41, 5.74) is -2.15. The second-order valence-corrected chi connectivity index (χ2v) is 7.60. The van der Waals surface area contributed by atoms with Gasteiger partial charge in [0.1, 0.15) is 5.41 Å². The molecule has 0 amide bonds.